The van der Waals surface area contributed by atoms with Crippen LogP contribution in [0.2, 0.25) is 5.02 Å². The smallest absolute Gasteiger partial charge is 0.349 e. The van der Waals surface area contributed by atoms with Crippen LogP contribution in [0.4, 0.5) is 5.69 Å². The van der Waals surface area contributed by atoms with E-state index in [0.29, 0.717) is 37.1 Å². The van der Waals surface area contributed by atoms with E-state index in [1.54, 1.807) is 4.90 Å². The van der Waals surface area contributed by atoms with E-state index in [2.05, 4.69) is 23.3 Å². The maximum atomic E-state index is 12.6. The number of piperazine rings is 1. The van der Waals surface area contributed by atoms with E-state index in [-0.39, 0.29) is 18.1 Å². The molecule has 1 saturated heterocycles. The van der Waals surface area contributed by atoms with Gasteiger partial charge in [-0.3, -0.25) is 4.79 Å². The number of hydrogen-bond acceptors (Lipinski definition) is 5. The lowest BCUT2D eigenvalue weighted by Gasteiger charge is -2.36. The molecule has 1 aliphatic heterocycles. The molecule has 180 valence electrons. The molecule has 0 unspecified atom stereocenters. The Kier molecular flexibility index (Phi) is 8.41. The van der Waals surface area contributed by atoms with Gasteiger partial charge in [0.15, 0.2) is 6.61 Å². The van der Waals surface area contributed by atoms with Crippen LogP contribution in [0.5, 0.6) is 0 Å². The number of benzene rings is 1. The molecule has 0 aliphatic carbocycles. The number of halogens is 1. The monoisotopic (exact) mass is 482 g/mol. The third-order valence-corrected chi connectivity index (χ3v) is 6.17. The van der Waals surface area contributed by atoms with E-state index in [0.717, 1.165) is 29.2 Å². The molecular formula is C26H31ClN4O3. The Balaban J connectivity index is 1.56. The molecule has 1 aromatic heterocycles. The Labute approximate surface area is 206 Å². The van der Waals surface area contributed by atoms with Gasteiger partial charge in [-0.1, -0.05) is 31.5 Å². The Bertz CT molecular complexity index is 1120. The number of aromatic nitrogens is 1. The van der Waals surface area contributed by atoms with Crippen molar-refractivity contribution in [3.05, 3.63) is 57.9 Å². The standard InChI is InChI=1S/C26H31ClN4O3/c1-18(2)16-31-19(3)12-21(20(31)4)13-22(15-28)26(33)34-17-25(32)30-10-8-29(9-11-30)24-7-5-6-23(27)14-24/h5-7,12-14,18H,8-11,16-17H2,1-4H3/b22-13+. The van der Waals surface area contributed by atoms with Crippen molar-refractivity contribution in [2.24, 2.45) is 5.92 Å². The second-order valence-corrected chi connectivity index (χ2v) is 9.36. The minimum atomic E-state index is -0.790. The molecule has 34 heavy (non-hydrogen) atoms. The van der Waals surface area contributed by atoms with Crippen LogP contribution in [0.25, 0.3) is 6.08 Å². The molecule has 0 N–H and O–H groups in total. The number of nitriles is 1. The van der Waals surface area contributed by atoms with Crippen molar-refractivity contribution in [1.82, 2.24) is 9.47 Å². The summed E-state index contributed by atoms with van der Waals surface area (Å²) >= 11 is 6.07. The number of carbonyl (C=O) groups excluding carboxylic acids is 2. The summed E-state index contributed by atoms with van der Waals surface area (Å²) in [5, 5.41) is 10.2. The summed E-state index contributed by atoms with van der Waals surface area (Å²) in [5.41, 5.74) is 3.75. The predicted molar refractivity (Wildman–Crippen MR) is 134 cm³/mol. The molecule has 8 heteroatoms. The third-order valence-electron chi connectivity index (χ3n) is 5.93. The lowest BCUT2D eigenvalue weighted by atomic mass is 10.1. The van der Waals surface area contributed by atoms with Crippen molar-refractivity contribution in [3.8, 4) is 6.07 Å². The molecule has 1 amide bonds. The van der Waals surface area contributed by atoms with Crippen molar-refractivity contribution >= 4 is 35.2 Å². The van der Waals surface area contributed by atoms with Crippen molar-refractivity contribution < 1.29 is 14.3 Å². The average molecular weight is 483 g/mol. The van der Waals surface area contributed by atoms with E-state index < -0.39 is 5.97 Å². The molecule has 1 aliphatic rings. The fourth-order valence-corrected chi connectivity index (χ4v) is 4.28. The molecule has 3 rings (SSSR count). The zero-order chi connectivity index (χ0) is 24.8. The molecule has 0 spiro atoms. The van der Waals surface area contributed by atoms with Crippen LogP contribution in [-0.4, -0.2) is 54.1 Å². The van der Waals surface area contributed by atoms with Crippen LogP contribution in [0, 0.1) is 31.1 Å². The minimum Gasteiger partial charge on any atom is -0.451 e. The highest BCUT2D eigenvalue weighted by molar-refractivity contribution is 6.30. The number of esters is 1. The summed E-state index contributed by atoms with van der Waals surface area (Å²) in [4.78, 5) is 28.9. The number of rotatable bonds is 7. The van der Waals surface area contributed by atoms with Crippen LogP contribution in [0.15, 0.2) is 35.9 Å². The molecule has 0 atom stereocenters. The summed E-state index contributed by atoms with van der Waals surface area (Å²) in [6.07, 6.45) is 1.54. The third kappa shape index (κ3) is 6.21. The molecule has 0 radical (unpaired) electrons. The zero-order valence-corrected chi connectivity index (χ0v) is 20.9. The summed E-state index contributed by atoms with van der Waals surface area (Å²) in [6, 6.07) is 11.5. The fraction of sp³-hybridized carbons (Fsp3) is 0.423. The van der Waals surface area contributed by atoms with Crippen molar-refractivity contribution in [2.75, 3.05) is 37.7 Å². The van der Waals surface area contributed by atoms with Gasteiger partial charge in [0.05, 0.1) is 0 Å². The Hall–Kier alpha value is -3.24. The summed E-state index contributed by atoms with van der Waals surface area (Å²) in [5.74, 6) is -0.589. The van der Waals surface area contributed by atoms with Gasteiger partial charge in [-0.2, -0.15) is 5.26 Å². The van der Waals surface area contributed by atoms with Gasteiger partial charge in [-0.25, -0.2) is 4.79 Å². The van der Waals surface area contributed by atoms with Gasteiger partial charge < -0.3 is 19.1 Å². The van der Waals surface area contributed by atoms with E-state index in [4.69, 9.17) is 16.3 Å². The number of aryl methyl sites for hydroxylation is 1. The van der Waals surface area contributed by atoms with Crippen molar-refractivity contribution in [1.29, 1.82) is 5.26 Å². The van der Waals surface area contributed by atoms with Gasteiger partial charge >= 0.3 is 5.97 Å². The van der Waals surface area contributed by atoms with Crippen LogP contribution in [0.3, 0.4) is 0 Å². The molecule has 0 bridgehead atoms. The summed E-state index contributed by atoms with van der Waals surface area (Å²) in [6.45, 7) is 11.1. The lowest BCUT2D eigenvalue weighted by molar-refractivity contribution is -0.148. The first-order valence-corrected chi connectivity index (χ1v) is 11.8. The van der Waals surface area contributed by atoms with Crippen LogP contribution < -0.4 is 4.90 Å². The van der Waals surface area contributed by atoms with Crippen LogP contribution in [0.1, 0.15) is 30.8 Å². The number of nitrogens with zero attached hydrogens (tertiary/aromatic N) is 4. The van der Waals surface area contributed by atoms with Gasteiger partial charge in [0, 0.05) is 54.8 Å². The highest BCUT2D eigenvalue weighted by Crippen LogP contribution is 2.22. The normalized spacial score (nSPS) is 14.3. The zero-order valence-electron chi connectivity index (χ0n) is 20.2. The minimum absolute atomic E-state index is 0.122. The first-order chi connectivity index (χ1) is 16.2. The lowest BCUT2D eigenvalue weighted by Crippen LogP contribution is -2.49. The first kappa shape index (κ1) is 25.4. The summed E-state index contributed by atoms with van der Waals surface area (Å²) < 4.78 is 7.36. The van der Waals surface area contributed by atoms with Gasteiger partial charge in [-0.15, -0.1) is 0 Å². The van der Waals surface area contributed by atoms with Gasteiger partial charge in [0.25, 0.3) is 5.91 Å². The quantitative estimate of drug-likeness (QED) is 0.335. The van der Waals surface area contributed by atoms with Crippen LogP contribution >= 0.6 is 11.6 Å². The molecule has 2 heterocycles. The topological polar surface area (TPSA) is 78.6 Å². The van der Waals surface area contributed by atoms with E-state index in [9.17, 15) is 14.9 Å². The number of ether oxygens (including phenoxy) is 1. The molecule has 1 fully saturated rings. The van der Waals surface area contributed by atoms with Gasteiger partial charge in [0.2, 0.25) is 0 Å². The number of carbonyl (C=O) groups is 2. The van der Waals surface area contributed by atoms with Crippen molar-refractivity contribution in [3.63, 3.8) is 0 Å². The number of amides is 1. The van der Waals surface area contributed by atoms with Crippen molar-refractivity contribution in [2.45, 2.75) is 34.2 Å². The molecule has 1 aromatic carbocycles. The molecule has 7 nitrogen and oxygen atoms in total. The second kappa shape index (κ2) is 11.3. The SMILES string of the molecule is Cc1cc(/C=C(\C#N)C(=O)OCC(=O)N2CCN(c3cccc(Cl)c3)CC2)c(C)n1CC(C)C. The predicted octanol–water partition coefficient (Wildman–Crippen LogP) is 4.21. The van der Waals surface area contributed by atoms with E-state index in [1.807, 2.05) is 50.2 Å². The number of anilines is 1. The Morgan fingerprint density at radius 2 is 1.88 bits per heavy atom. The highest BCUT2D eigenvalue weighted by Gasteiger charge is 2.23. The molecule has 0 saturated carbocycles. The van der Waals surface area contributed by atoms with Gasteiger partial charge in [0.1, 0.15) is 11.6 Å². The summed E-state index contributed by atoms with van der Waals surface area (Å²) in [7, 11) is 0. The van der Waals surface area contributed by atoms with E-state index in [1.165, 1.54) is 6.08 Å². The largest absolute Gasteiger partial charge is 0.451 e. The maximum absolute atomic E-state index is 12.6. The molecule has 2 aromatic rings. The molecular weight excluding hydrogens is 452 g/mol. The Morgan fingerprint density at radius 3 is 2.50 bits per heavy atom. The maximum Gasteiger partial charge on any atom is 0.349 e. The van der Waals surface area contributed by atoms with Crippen LogP contribution in [-0.2, 0) is 20.9 Å². The van der Waals surface area contributed by atoms with E-state index >= 15 is 0 Å². The Morgan fingerprint density at radius 1 is 1.18 bits per heavy atom. The highest BCUT2D eigenvalue weighted by atomic mass is 35.5. The second-order valence-electron chi connectivity index (χ2n) is 8.92. The first-order valence-electron chi connectivity index (χ1n) is 11.4. The average Bonchev–Trinajstić information content (AvgIpc) is 3.07. The van der Waals surface area contributed by atoms with Gasteiger partial charge in [-0.05, 0) is 55.7 Å². The fourth-order valence-electron chi connectivity index (χ4n) is 4.10. The number of hydrogen-bond donors (Lipinski definition) is 0.